The van der Waals surface area contributed by atoms with Crippen LogP contribution in [0, 0.1) is 0 Å². The lowest BCUT2D eigenvalue weighted by Crippen LogP contribution is -2.03. The van der Waals surface area contributed by atoms with Crippen molar-refractivity contribution in [2.24, 2.45) is 0 Å². The molecule has 0 radical (unpaired) electrons. The molecule has 14 heavy (non-hydrogen) atoms. The van der Waals surface area contributed by atoms with Crippen LogP contribution in [0.3, 0.4) is 0 Å². The van der Waals surface area contributed by atoms with Crippen LogP contribution in [0.5, 0.6) is 0 Å². The largest absolute Gasteiger partial charge is 0.370 e. The lowest BCUT2D eigenvalue weighted by molar-refractivity contribution is 0.879. The molecule has 78 valence electrons. The SMILES string of the molecule is CCCNc1cc(SC)nc(SC)n1. The summed E-state index contributed by atoms with van der Waals surface area (Å²) in [5.41, 5.74) is 0. The van der Waals surface area contributed by atoms with E-state index >= 15 is 0 Å². The zero-order chi connectivity index (χ0) is 10.4. The molecule has 0 fully saturated rings. The van der Waals surface area contributed by atoms with Crippen molar-refractivity contribution in [2.75, 3.05) is 24.4 Å². The van der Waals surface area contributed by atoms with Crippen LogP contribution in [0.25, 0.3) is 0 Å². The summed E-state index contributed by atoms with van der Waals surface area (Å²) >= 11 is 3.21. The van der Waals surface area contributed by atoms with Gasteiger partial charge in [-0.15, -0.1) is 11.8 Å². The minimum atomic E-state index is 0.829. The fourth-order valence-electron chi connectivity index (χ4n) is 0.943. The molecule has 0 atom stereocenters. The lowest BCUT2D eigenvalue weighted by atomic mass is 10.4. The van der Waals surface area contributed by atoms with Crippen molar-refractivity contribution in [2.45, 2.75) is 23.5 Å². The van der Waals surface area contributed by atoms with Crippen LogP contribution < -0.4 is 5.32 Å². The third-order valence-electron chi connectivity index (χ3n) is 1.63. The van der Waals surface area contributed by atoms with Crippen LogP contribution in [0.1, 0.15) is 13.3 Å². The van der Waals surface area contributed by atoms with Gasteiger partial charge in [0, 0.05) is 12.6 Å². The van der Waals surface area contributed by atoms with Gasteiger partial charge in [0.2, 0.25) is 0 Å². The number of aromatic nitrogens is 2. The van der Waals surface area contributed by atoms with E-state index in [1.165, 1.54) is 0 Å². The quantitative estimate of drug-likeness (QED) is 0.477. The molecule has 0 bridgehead atoms. The normalized spacial score (nSPS) is 10.2. The van der Waals surface area contributed by atoms with Crippen LogP contribution in [-0.2, 0) is 0 Å². The van der Waals surface area contributed by atoms with Gasteiger partial charge in [0.05, 0.1) is 0 Å². The second kappa shape index (κ2) is 6.14. The van der Waals surface area contributed by atoms with E-state index in [1.807, 2.05) is 18.6 Å². The molecule has 0 aliphatic heterocycles. The third kappa shape index (κ3) is 3.38. The summed E-state index contributed by atoms with van der Waals surface area (Å²) in [6.07, 6.45) is 5.12. The lowest BCUT2D eigenvalue weighted by Gasteiger charge is -2.06. The summed E-state index contributed by atoms with van der Waals surface area (Å²) in [6.45, 7) is 3.10. The van der Waals surface area contributed by atoms with Gasteiger partial charge >= 0.3 is 0 Å². The molecule has 0 aromatic carbocycles. The first-order valence-corrected chi connectivity index (χ1v) is 6.96. The van der Waals surface area contributed by atoms with E-state index in [4.69, 9.17) is 0 Å². The maximum atomic E-state index is 4.36. The van der Waals surface area contributed by atoms with Gasteiger partial charge in [-0.1, -0.05) is 18.7 Å². The van der Waals surface area contributed by atoms with Crippen molar-refractivity contribution >= 4 is 29.3 Å². The van der Waals surface area contributed by atoms with Gasteiger partial charge in [0.15, 0.2) is 5.16 Å². The Hall–Kier alpha value is -0.420. The summed E-state index contributed by atoms with van der Waals surface area (Å²) in [5, 5.41) is 5.11. The third-order valence-corrected chi connectivity index (χ3v) is 2.81. The van der Waals surface area contributed by atoms with Crippen LogP contribution in [-0.4, -0.2) is 29.0 Å². The first-order chi connectivity index (χ1) is 6.80. The van der Waals surface area contributed by atoms with Crippen molar-refractivity contribution in [3.63, 3.8) is 0 Å². The summed E-state index contributed by atoms with van der Waals surface area (Å²) in [6, 6.07) is 1.99. The monoisotopic (exact) mass is 229 g/mol. The smallest absolute Gasteiger partial charge is 0.190 e. The van der Waals surface area contributed by atoms with Crippen LogP contribution in [0.2, 0.25) is 0 Å². The average Bonchev–Trinajstić information content (AvgIpc) is 2.25. The molecule has 1 aromatic rings. The average molecular weight is 229 g/mol. The van der Waals surface area contributed by atoms with E-state index in [2.05, 4.69) is 22.2 Å². The van der Waals surface area contributed by atoms with Gasteiger partial charge < -0.3 is 5.32 Å². The highest BCUT2D eigenvalue weighted by molar-refractivity contribution is 7.99. The summed E-state index contributed by atoms with van der Waals surface area (Å²) in [7, 11) is 0. The molecule has 1 heterocycles. The summed E-state index contributed by atoms with van der Waals surface area (Å²) < 4.78 is 0. The predicted molar refractivity (Wildman–Crippen MR) is 64.4 cm³/mol. The molecule has 0 amide bonds. The molecule has 1 N–H and O–H groups in total. The molecule has 0 spiro atoms. The van der Waals surface area contributed by atoms with E-state index in [1.54, 1.807) is 23.5 Å². The number of thioether (sulfide) groups is 2. The maximum Gasteiger partial charge on any atom is 0.190 e. The van der Waals surface area contributed by atoms with E-state index in [0.717, 1.165) is 29.0 Å². The Labute approximate surface area is 93.5 Å². The fourth-order valence-corrected chi connectivity index (χ4v) is 1.79. The van der Waals surface area contributed by atoms with E-state index in [-0.39, 0.29) is 0 Å². The molecule has 0 unspecified atom stereocenters. The molecular weight excluding hydrogens is 214 g/mol. The summed E-state index contributed by atoms with van der Waals surface area (Å²) in [5.74, 6) is 0.926. The standard InChI is InChI=1S/C9H15N3S2/c1-4-5-10-7-6-8(13-2)12-9(11-7)14-3/h6H,4-5H2,1-3H3,(H,10,11,12). The van der Waals surface area contributed by atoms with Crippen molar-refractivity contribution in [3.8, 4) is 0 Å². The van der Waals surface area contributed by atoms with Crippen LogP contribution in [0.4, 0.5) is 5.82 Å². The minimum absolute atomic E-state index is 0.829. The topological polar surface area (TPSA) is 37.8 Å². The predicted octanol–water partition coefficient (Wildman–Crippen LogP) is 2.74. The van der Waals surface area contributed by atoms with Gasteiger partial charge in [-0.05, 0) is 18.9 Å². The fraction of sp³-hybridized carbons (Fsp3) is 0.556. The first kappa shape index (κ1) is 11.7. The Bertz CT molecular complexity index is 269. The molecule has 5 heteroatoms. The number of anilines is 1. The second-order valence-corrected chi connectivity index (χ2v) is 4.31. The maximum absolute atomic E-state index is 4.36. The number of hydrogen-bond acceptors (Lipinski definition) is 5. The molecular formula is C9H15N3S2. The molecule has 1 rings (SSSR count). The zero-order valence-electron chi connectivity index (χ0n) is 8.70. The zero-order valence-corrected chi connectivity index (χ0v) is 10.3. The van der Waals surface area contributed by atoms with E-state index < -0.39 is 0 Å². The number of nitrogens with one attached hydrogen (secondary N) is 1. The minimum Gasteiger partial charge on any atom is -0.370 e. The molecule has 0 aliphatic rings. The Kier molecular flexibility index (Phi) is 5.11. The Morgan fingerprint density at radius 2 is 2.07 bits per heavy atom. The van der Waals surface area contributed by atoms with Crippen LogP contribution in [0.15, 0.2) is 16.2 Å². The van der Waals surface area contributed by atoms with Crippen LogP contribution >= 0.6 is 23.5 Å². The van der Waals surface area contributed by atoms with Gasteiger partial charge in [-0.25, -0.2) is 9.97 Å². The second-order valence-electron chi connectivity index (χ2n) is 2.71. The molecule has 1 aromatic heterocycles. The van der Waals surface area contributed by atoms with E-state index in [9.17, 15) is 0 Å². The van der Waals surface area contributed by atoms with Gasteiger partial charge in [0.25, 0.3) is 0 Å². The number of nitrogens with zero attached hydrogens (tertiary/aromatic N) is 2. The Morgan fingerprint density at radius 3 is 2.64 bits per heavy atom. The first-order valence-electron chi connectivity index (χ1n) is 4.51. The van der Waals surface area contributed by atoms with Gasteiger partial charge in [0.1, 0.15) is 10.8 Å². The molecule has 0 saturated carbocycles. The van der Waals surface area contributed by atoms with Crippen molar-refractivity contribution < 1.29 is 0 Å². The number of rotatable bonds is 5. The highest BCUT2D eigenvalue weighted by Crippen LogP contribution is 2.19. The Morgan fingerprint density at radius 1 is 1.29 bits per heavy atom. The summed E-state index contributed by atoms with van der Waals surface area (Å²) in [4.78, 5) is 8.72. The Balaban J connectivity index is 2.81. The highest BCUT2D eigenvalue weighted by Gasteiger charge is 2.02. The molecule has 0 aliphatic carbocycles. The van der Waals surface area contributed by atoms with Crippen molar-refractivity contribution in [1.82, 2.24) is 9.97 Å². The molecule has 0 saturated heterocycles. The van der Waals surface area contributed by atoms with E-state index in [0.29, 0.717) is 0 Å². The van der Waals surface area contributed by atoms with Gasteiger partial charge in [-0.3, -0.25) is 0 Å². The highest BCUT2D eigenvalue weighted by atomic mass is 32.2. The van der Waals surface area contributed by atoms with Gasteiger partial charge in [-0.2, -0.15) is 0 Å². The molecule has 3 nitrogen and oxygen atoms in total. The van der Waals surface area contributed by atoms with Crippen molar-refractivity contribution in [1.29, 1.82) is 0 Å². The number of hydrogen-bond donors (Lipinski definition) is 1. The van der Waals surface area contributed by atoms with Crippen molar-refractivity contribution in [3.05, 3.63) is 6.07 Å².